The van der Waals surface area contributed by atoms with Crippen molar-refractivity contribution in [3.8, 4) is 5.75 Å². The van der Waals surface area contributed by atoms with E-state index in [-0.39, 0.29) is 6.04 Å². The van der Waals surface area contributed by atoms with Crippen molar-refractivity contribution in [1.82, 2.24) is 0 Å². The van der Waals surface area contributed by atoms with Crippen LogP contribution in [-0.4, -0.2) is 7.11 Å². The molecule has 0 radical (unpaired) electrons. The standard InChI is InChI=1S/C19H25NO/c1-4-14-10-11-16(12-15(14)5-2)18(20)13-17-8-6-7-9-19(17)21-3/h6-12,18H,4-5,13,20H2,1-3H3. The fourth-order valence-electron chi connectivity index (χ4n) is 2.78. The molecule has 112 valence electrons. The Balaban J connectivity index is 2.22. The predicted molar refractivity (Wildman–Crippen MR) is 88.8 cm³/mol. The summed E-state index contributed by atoms with van der Waals surface area (Å²) in [6.45, 7) is 4.40. The van der Waals surface area contributed by atoms with Crippen molar-refractivity contribution in [2.45, 2.75) is 39.2 Å². The first-order valence-electron chi connectivity index (χ1n) is 7.68. The Hall–Kier alpha value is -1.80. The van der Waals surface area contributed by atoms with Gasteiger partial charge in [0.1, 0.15) is 5.75 Å². The van der Waals surface area contributed by atoms with E-state index >= 15 is 0 Å². The quantitative estimate of drug-likeness (QED) is 0.867. The fourth-order valence-corrected chi connectivity index (χ4v) is 2.78. The van der Waals surface area contributed by atoms with Crippen LogP contribution in [0.2, 0.25) is 0 Å². The maximum absolute atomic E-state index is 6.41. The summed E-state index contributed by atoms with van der Waals surface area (Å²) in [5.74, 6) is 0.911. The fraction of sp³-hybridized carbons (Fsp3) is 0.368. The molecule has 2 N–H and O–H groups in total. The lowest BCUT2D eigenvalue weighted by Gasteiger charge is -2.17. The van der Waals surface area contributed by atoms with Crippen LogP contribution in [0, 0.1) is 0 Å². The Bertz CT molecular complexity index is 592. The van der Waals surface area contributed by atoms with E-state index in [4.69, 9.17) is 10.5 Å². The number of hydrogen-bond acceptors (Lipinski definition) is 2. The normalized spacial score (nSPS) is 12.2. The van der Waals surface area contributed by atoms with Gasteiger partial charge in [0.25, 0.3) is 0 Å². The minimum Gasteiger partial charge on any atom is -0.496 e. The van der Waals surface area contributed by atoms with Crippen molar-refractivity contribution in [2.24, 2.45) is 5.73 Å². The van der Waals surface area contributed by atoms with Crippen LogP contribution < -0.4 is 10.5 Å². The summed E-state index contributed by atoms with van der Waals surface area (Å²) in [5.41, 5.74) is 11.6. The van der Waals surface area contributed by atoms with Crippen LogP contribution in [0.4, 0.5) is 0 Å². The molecule has 2 heteroatoms. The number of aryl methyl sites for hydroxylation is 2. The van der Waals surface area contributed by atoms with Crippen molar-refractivity contribution in [1.29, 1.82) is 0 Å². The zero-order chi connectivity index (χ0) is 15.2. The van der Waals surface area contributed by atoms with Gasteiger partial charge in [-0.05, 0) is 47.6 Å². The molecule has 0 fully saturated rings. The van der Waals surface area contributed by atoms with E-state index in [2.05, 4.69) is 38.1 Å². The second-order valence-electron chi connectivity index (χ2n) is 5.36. The van der Waals surface area contributed by atoms with E-state index < -0.39 is 0 Å². The van der Waals surface area contributed by atoms with Crippen molar-refractivity contribution in [2.75, 3.05) is 7.11 Å². The Morgan fingerprint density at radius 2 is 1.67 bits per heavy atom. The number of hydrogen-bond donors (Lipinski definition) is 1. The van der Waals surface area contributed by atoms with E-state index in [9.17, 15) is 0 Å². The maximum Gasteiger partial charge on any atom is 0.122 e. The largest absolute Gasteiger partial charge is 0.496 e. The first-order valence-corrected chi connectivity index (χ1v) is 7.68. The molecule has 0 heterocycles. The number of nitrogens with two attached hydrogens (primary N) is 1. The topological polar surface area (TPSA) is 35.2 Å². The van der Waals surface area contributed by atoms with Crippen LogP contribution >= 0.6 is 0 Å². The van der Waals surface area contributed by atoms with Crippen LogP contribution in [-0.2, 0) is 19.3 Å². The molecule has 2 rings (SSSR count). The van der Waals surface area contributed by atoms with Gasteiger partial charge in [-0.25, -0.2) is 0 Å². The molecule has 0 aliphatic carbocycles. The van der Waals surface area contributed by atoms with Crippen LogP contribution in [0.1, 0.15) is 42.1 Å². The molecule has 21 heavy (non-hydrogen) atoms. The average molecular weight is 283 g/mol. The Morgan fingerprint density at radius 1 is 0.952 bits per heavy atom. The Labute approximate surface area is 127 Å². The Morgan fingerprint density at radius 3 is 2.33 bits per heavy atom. The molecule has 0 saturated heterocycles. The molecule has 0 aliphatic rings. The molecule has 0 amide bonds. The van der Waals surface area contributed by atoms with Crippen molar-refractivity contribution in [3.63, 3.8) is 0 Å². The molecular formula is C19H25NO. The van der Waals surface area contributed by atoms with Crippen molar-refractivity contribution < 1.29 is 4.74 Å². The highest BCUT2D eigenvalue weighted by Gasteiger charge is 2.12. The molecule has 0 bridgehead atoms. The molecule has 0 aromatic heterocycles. The van der Waals surface area contributed by atoms with Crippen molar-refractivity contribution >= 4 is 0 Å². The van der Waals surface area contributed by atoms with Gasteiger partial charge in [0.15, 0.2) is 0 Å². The molecule has 0 spiro atoms. The lowest BCUT2D eigenvalue weighted by Crippen LogP contribution is -2.14. The highest BCUT2D eigenvalue weighted by Crippen LogP contribution is 2.25. The third-order valence-corrected chi connectivity index (χ3v) is 4.05. The van der Waals surface area contributed by atoms with Crippen LogP contribution in [0.15, 0.2) is 42.5 Å². The second kappa shape index (κ2) is 7.28. The summed E-state index contributed by atoms with van der Waals surface area (Å²) >= 11 is 0. The van der Waals surface area contributed by atoms with Gasteiger partial charge in [0.2, 0.25) is 0 Å². The third-order valence-electron chi connectivity index (χ3n) is 4.05. The predicted octanol–water partition coefficient (Wildman–Crippen LogP) is 4.06. The first-order chi connectivity index (χ1) is 10.2. The third kappa shape index (κ3) is 3.64. The van der Waals surface area contributed by atoms with E-state index in [0.717, 1.165) is 30.6 Å². The molecule has 1 unspecified atom stereocenters. The number of methoxy groups -OCH3 is 1. The molecule has 1 atom stereocenters. The number of ether oxygens (including phenoxy) is 1. The van der Waals surface area contributed by atoms with Crippen LogP contribution in [0.3, 0.4) is 0 Å². The summed E-state index contributed by atoms with van der Waals surface area (Å²) < 4.78 is 5.41. The van der Waals surface area contributed by atoms with Gasteiger partial charge < -0.3 is 10.5 Å². The lowest BCUT2D eigenvalue weighted by molar-refractivity contribution is 0.408. The van der Waals surface area contributed by atoms with Gasteiger partial charge in [-0.1, -0.05) is 50.2 Å². The van der Waals surface area contributed by atoms with E-state index in [1.165, 1.54) is 16.7 Å². The number of benzene rings is 2. The van der Waals surface area contributed by atoms with Gasteiger partial charge in [0.05, 0.1) is 7.11 Å². The van der Waals surface area contributed by atoms with E-state index in [1.54, 1.807) is 7.11 Å². The van der Waals surface area contributed by atoms with Gasteiger partial charge in [-0.3, -0.25) is 0 Å². The molecule has 0 saturated carbocycles. The van der Waals surface area contributed by atoms with E-state index in [1.807, 2.05) is 18.2 Å². The molecule has 0 aliphatic heterocycles. The minimum atomic E-state index is -0.00231. The molecule has 2 aromatic rings. The summed E-state index contributed by atoms with van der Waals surface area (Å²) in [6.07, 6.45) is 2.92. The van der Waals surface area contributed by atoms with Crippen LogP contribution in [0.5, 0.6) is 5.75 Å². The van der Waals surface area contributed by atoms with E-state index in [0.29, 0.717) is 0 Å². The summed E-state index contributed by atoms with van der Waals surface area (Å²) in [5, 5.41) is 0. The molecule has 2 aromatic carbocycles. The SMILES string of the molecule is CCc1ccc(C(N)Cc2ccccc2OC)cc1CC. The first kappa shape index (κ1) is 15.6. The van der Waals surface area contributed by atoms with Gasteiger partial charge in [-0.2, -0.15) is 0 Å². The molecule has 2 nitrogen and oxygen atoms in total. The van der Waals surface area contributed by atoms with Gasteiger partial charge in [0, 0.05) is 6.04 Å². The number of para-hydroxylation sites is 1. The maximum atomic E-state index is 6.41. The second-order valence-corrected chi connectivity index (χ2v) is 5.36. The summed E-state index contributed by atoms with van der Waals surface area (Å²) in [6, 6.07) is 14.7. The van der Waals surface area contributed by atoms with Gasteiger partial charge >= 0.3 is 0 Å². The average Bonchev–Trinajstić information content (AvgIpc) is 2.54. The van der Waals surface area contributed by atoms with Crippen LogP contribution in [0.25, 0.3) is 0 Å². The molecular weight excluding hydrogens is 258 g/mol. The highest BCUT2D eigenvalue weighted by molar-refractivity contribution is 5.37. The zero-order valence-electron chi connectivity index (χ0n) is 13.2. The zero-order valence-corrected chi connectivity index (χ0v) is 13.2. The Kier molecular flexibility index (Phi) is 5.40. The lowest BCUT2D eigenvalue weighted by atomic mass is 9.94. The number of rotatable bonds is 6. The monoisotopic (exact) mass is 283 g/mol. The smallest absolute Gasteiger partial charge is 0.122 e. The highest BCUT2D eigenvalue weighted by atomic mass is 16.5. The summed E-state index contributed by atoms with van der Waals surface area (Å²) in [7, 11) is 1.70. The minimum absolute atomic E-state index is 0.00231. The van der Waals surface area contributed by atoms with Crippen molar-refractivity contribution in [3.05, 3.63) is 64.7 Å². The summed E-state index contributed by atoms with van der Waals surface area (Å²) in [4.78, 5) is 0. The van der Waals surface area contributed by atoms with Gasteiger partial charge in [-0.15, -0.1) is 0 Å².